The normalized spacial score (nSPS) is 16.9. The van der Waals surface area contributed by atoms with E-state index in [4.69, 9.17) is 10.5 Å². The van der Waals surface area contributed by atoms with Gasteiger partial charge in [0.1, 0.15) is 5.82 Å². The molecule has 112 valence electrons. The fraction of sp³-hybridized carbons (Fsp3) is 0.688. The minimum atomic E-state index is 0.187. The van der Waals surface area contributed by atoms with Crippen LogP contribution in [0.4, 0.5) is 11.5 Å². The van der Waals surface area contributed by atoms with Gasteiger partial charge in [-0.25, -0.2) is 0 Å². The Balaban J connectivity index is 2.12. The Bertz CT molecular complexity index is 463. The van der Waals surface area contributed by atoms with Crippen LogP contribution in [0, 0.1) is 11.3 Å². The molecule has 1 aromatic heterocycles. The van der Waals surface area contributed by atoms with Gasteiger partial charge in [-0.3, -0.25) is 0 Å². The van der Waals surface area contributed by atoms with E-state index >= 15 is 0 Å². The van der Waals surface area contributed by atoms with Crippen molar-refractivity contribution in [3.05, 3.63) is 12.1 Å². The summed E-state index contributed by atoms with van der Waals surface area (Å²) in [5.41, 5.74) is 6.76. The largest absolute Gasteiger partial charge is 0.476 e. The third kappa shape index (κ3) is 3.56. The third-order valence-electron chi connectivity index (χ3n) is 4.22. The second kappa shape index (κ2) is 5.51. The molecule has 0 saturated heterocycles. The van der Waals surface area contributed by atoms with E-state index in [1.165, 1.54) is 12.8 Å². The zero-order valence-corrected chi connectivity index (χ0v) is 13.3. The van der Waals surface area contributed by atoms with Crippen molar-refractivity contribution in [2.75, 3.05) is 24.3 Å². The number of nitrogens with two attached hydrogens (primary N) is 1. The number of anilines is 2. The highest BCUT2D eigenvalue weighted by atomic mass is 16.5. The third-order valence-corrected chi connectivity index (χ3v) is 4.22. The summed E-state index contributed by atoms with van der Waals surface area (Å²) in [5, 5.41) is 0. The van der Waals surface area contributed by atoms with Gasteiger partial charge in [-0.1, -0.05) is 20.8 Å². The first kappa shape index (κ1) is 14.9. The molecular weight excluding hydrogens is 250 g/mol. The lowest BCUT2D eigenvalue weighted by molar-refractivity contribution is 0.289. The summed E-state index contributed by atoms with van der Waals surface area (Å²) >= 11 is 0. The molecule has 0 aromatic carbocycles. The van der Waals surface area contributed by atoms with Crippen molar-refractivity contribution in [1.82, 2.24) is 4.98 Å². The van der Waals surface area contributed by atoms with E-state index in [-0.39, 0.29) is 5.41 Å². The van der Waals surface area contributed by atoms with Gasteiger partial charge in [0.2, 0.25) is 5.88 Å². The van der Waals surface area contributed by atoms with Crippen LogP contribution in [0.5, 0.6) is 5.88 Å². The van der Waals surface area contributed by atoms with Gasteiger partial charge in [0.25, 0.3) is 0 Å². The topological polar surface area (TPSA) is 51.4 Å². The van der Waals surface area contributed by atoms with Crippen LogP contribution in [0.3, 0.4) is 0 Å². The summed E-state index contributed by atoms with van der Waals surface area (Å²) < 4.78 is 5.75. The number of aromatic nitrogens is 1. The van der Waals surface area contributed by atoms with E-state index in [2.05, 4.69) is 44.6 Å². The van der Waals surface area contributed by atoms with E-state index in [1.54, 1.807) is 0 Å². The monoisotopic (exact) mass is 277 g/mol. The van der Waals surface area contributed by atoms with Gasteiger partial charge in [-0.2, -0.15) is 4.98 Å². The average Bonchev–Trinajstić information content (AvgIpc) is 3.19. The number of hydrogen-bond donors (Lipinski definition) is 1. The van der Waals surface area contributed by atoms with Crippen LogP contribution in [0.15, 0.2) is 12.1 Å². The molecule has 2 rings (SSSR count). The first-order chi connectivity index (χ1) is 9.29. The van der Waals surface area contributed by atoms with E-state index in [0.29, 0.717) is 23.5 Å². The molecule has 1 fully saturated rings. The van der Waals surface area contributed by atoms with Crippen LogP contribution in [0.1, 0.15) is 40.5 Å². The fourth-order valence-corrected chi connectivity index (χ4v) is 2.01. The van der Waals surface area contributed by atoms with Crippen molar-refractivity contribution in [3.8, 4) is 5.88 Å². The van der Waals surface area contributed by atoms with Crippen molar-refractivity contribution < 1.29 is 4.74 Å². The highest BCUT2D eigenvalue weighted by molar-refractivity contribution is 5.54. The lowest BCUT2D eigenvalue weighted by atomic mass is 9.87. The van der Waals surface area contributed by atoms with Crippen LogP contribution in [0.2, 0.25) is 0 Å². The molecule has 1 unspecified atom stereocenters. The Morgan fingerprint density at radius 3 is 2.60 bits per heavy atom. The molecule has 1 aliphatic rings. The summed E-state index contributed by atoms with van der Waals surface area (Å²) in [6, 6.07) is 4.22. The molecule has 0 spiro atoms. The number of nitrogens with zero attached hydrogens (tertiary/aromatic N) is 2. The molecule has 4 heteroatoms. The molecule has 0 radical (unpaired) electrons. The number of ether oxygens (including phenoxy) is 1. The molecular formula is C16H27N3O. The van der Waals surface area contributed by atoms with Crippen molar-refractivity contribution in [3.63, 3.8) is 0 Å². The second-order valence-electron chi connectivity index (χ2n) is 6.97. The van der Waals surface area contributed by atoms with Gasteiger partial charge in [0, 0.05) is 13.1 Å². The molecule has 0 aliphatic heterocycles. The van der Waals surface area contributed by atoms with Crippen LogP contribution in [-0.4, -0.2) is 24.7 Å². The Hall–Kier alpha value is -1.45. The second-order valence-corrected chi connectivity index (χ2v) is 6.97. The van der Waals surface area contributed by atoms with Gasteiger partial charge in [-0.15, -0.1) is 0 Å². The molecule has 1 aromatic rings. The molecule has 20 heavy (non-hydrogen) atoms. The molecule has 4 nitrogen and oxygen atoms in total. The number of nitrogen functional groups attached to an aromatic ring is 1. The molecule has 1 atom stereocenters. The average molecular weight is 277 g/mol. The maximum atomic E-state index is 5.95. The van der Waals surface area contributed by atoms with Crippen molar-refractivity contribution in [2.24, 2.45) is 11.3 Å². The lowest BCUT2D eigenvalue weighted by Crippen LogP contribution is -2.39. The Kier molecular flexibility index (Phi) is 4.11. The molecule has 1 heterocycles. The summed E-state index contributed by atoms with van der Waals surface area (Å²) in [7, 11) is 2.07. The minimum absolute atomic E-state index is 0.187. The predicted octanol–water partition coefficient (Wildman–Crippen LogP) is 3.32. The molecule has 1 aliphatic carbocycles. The van der Waals surface area contributed by atoms with Crippen molar-refractivity contribution in [2.45, 2.75) is 46.6 Å². The molecule has 0 bridgehead atoms. The number of pyridine rings is 1. The molecule has 1 saturated carbocycles. The zero-order valence-electron chi connectivity index (χ0n) is 13.3. The maximum absolute atomic E-state index is 5.95. The van der Waals surface area contributed by atoms with Gasteiger partial charge < -0.3 is 15.4 Å². The van der Waals surface area contributed by atoms with Crippen molar-refractivity contribution in [1.29, 1.82) is 0 Å². The Morgan fingerprint density at radius 2 is 2.05 bits per heavy atom. The van der Waals surface area contributed by atoms with Gasteiger partial charge >= 0.3 is 0 Å². The van der Waals surface area contributed by atoms with Gasteiger partial charge in [0.15, 0.2) is 0 Å². The summed E-state index contributed by atoms with van der Waals surface area (Å²) in [5.74, 6) is 2.18. The van der Waals surface area contributed by atoms with E-state index in [1.807, 2.05) is 12.1 Å². The molecule has 2 N–H and O–H groups in total. The first-order valence-electron chi connectivity index (χ1n) is 7.41. The van der Waals surface area contributed by atoms with Crippen LogP contribution < -0.4 is 15.4 Å². The van der Waals surface area contributed by atoms with E-state index in [0.717, 1.165) is 12.4 Å². The highest BCUT2D eigenvalue weighted by Gasteiger charge is 2.26. The first-order valence-corrected chi connectivity index (χ1v) is 7.41. The summed E-state index contributed by atoms with van der Waals surface area (Å²) in [4.78, 5) is 6.77. The predicted molar refractivity (Wildman–Crippen MR) is 84.2 cm³/mol. The van der Waals surface area contributed by atoms with Crippen LogP contribution >= 0.6 is 0 Å². The number of rotatable bonds is 5. The highest BCUT2D eigenvalue weighted by Crippen LogP contribution is 2.32. The van der Waals surface area contributed by atoms with E-state index < -0.39 is 0 Å². The van der Waals surface area contributed by atoms with Gasteiger partial charge in [0.05, 0.1) is 12.3 Å². The van der Waals surface area contributed by atoms with Crippen LogP contribution in [0.25, 0.3) is 0 Å². The fourth-order valence-electron chi connectivity index (χ4n) is 2.01. The molecule has 0 amide bonds. The van der Waals surface area contributed by atoms with E-state index in [9.17, 15) is 0 Å². The van der Waals surface area contributed by atoms with Gasteiger partial charge in [-0.05, 0) is 43.2 Å². The zero-order chi connectivity index (χ0) is 14.9. The smallest absolute Gasteiger partial charge is 0.239 e. The summed E-state index contributed by atoms with van der Waals surface area (Å²) in [6.45, 7) is 9.64. The standard InChI is InChI=1S/C16H27N3O/c1-11(16(2,3)4)19(5)14-9-8-13(17)15(18-14)20-10-12-6-7-12/h8-9,11-12H,6-7,10,17H2,1-5H3. The summed E-state index contributed by atoms with van der Waals surface area (Å²) in [6.07, 6.45) is 2.53. The lowest BCUT2D eigenvalue weighted by Gasteiger charge is -2.36. The minimum Gasteiger partial charge on any atom is -0.476 e. The van der Waals surface area contributed by atoms with Crippen LogP contribution in [-0.2, 0) is 0 Å². The maximum Gasteiger partial charge on any atom is 0.239 e. The number of hydrogen-bond acceptors (Lipinski definition) is 4. The van der Waals surface area contributed by atoms with Crippen molar-refractivity contribution >= 4 is 11.5 Å². The Morgan fingerprint density at radius 1 is 1.40 bits per heavy atom. The Labute approximate surface area is 122 Å². The quantitative estimate of drug-likeness (QED) is 0.897. The SMILES string of the molecule is CC(N(C)c1ccc(N)c(OCC2CC2)n1)C(C)(C)C.